The maximum atomic E-state index is 13.2. The molecule has 170 valence electrons. The largest absolute Gasteiger partial charge is 0.390 e. The summed E-state index contributed by atoms with van der Waals surface area (Å²) in [5.74, 6) is 0.0362. The zero-order valence-electron chi connectivity index (χ0n) is 16.3. The standard InChI is InChI=1S/C16H19N9O5S2/c17-13-4-1-8(5-20-13)9-2-3-12(32(29,30)23-10-6-19-7-11(10)26)15(31(18,27)28)14(9)16-21-24-25-22-16/h1-5,10-11,19,23,26H,6-7H2,(H2,17,20)(H2,18,27,28)(H,21,22,24,25)/t10-,11+/m0/s1. The third kappa shape index (κ3) is 4.18. The molecule has 3 heterocycles. The average molecular weight is 482 g/mol. The number of nitrogens with one attached hydrogen (secondary N) is 3. The predicted molar refractivity (Wildman–Crippen MR) is 112 cm³/mol. The highest BCUT2D eigenvalue weighted by molar-refractivity contribution is 7.92. The quantitative estimate of drug-likeness (QED) is 0.220. The number of H-pyrrole nitrogens is 1. The van der Waals surface area contributed by atoms with Gasteiger partial charge in [0.2, 0.25) is 25.9 Å². The molecule has 0 unspecified atom stereocenters. The van der Waals surface area contributed by atoms with Crippen molar-refractivity contribution in [3.8, 4) is 22.5 Å². The minimum absolute atomic E-state index is 0.165. The van der Waals surface area contributed by atoms with Gasteiger partial charge in [-0.05, 0) is 29.0 Å². The number of pyridine rings is 1. The van der Waals surface area contributed by atoms with E-state index in [9.17, 15) is 21.9 Å². The van der Waals surface area contributed by atoms with E-state index in [0.717, 1.165) is 6.07 Å². The lowest BCUT2D eigenvalue weighted by Crippen LogP contribution is -2.43. The highest BCUT2D eigenvalue weighted by atomic mass is 32.2. The molecule has 32 heavy (non-hydrogen) atoms. The van der Waals surface area contributed by atoms with Gasteiger partial charge in [-0.2, -0.15) is 5.21 Å². The molecule has 1 aliphatic heterocycles. The van der Waals surface area contributed by atoms with Gasteiger partial charge >= 0.3 is 0 Å². The van der Waals surface area contributed by atoms with Crippen LogP contribution >= 0.6 is 0 Å². The maximum Gasteiger partial charge on any atom is 0.242 e. The minimum Gasteiger partial charge on any atom is -0.390 e. The summed E-state index contributed by atoms with van der Waals surface area (Å²) in [5.41, 5.74) is 6.10. The fraction of sp³-hybridized carbons (Fsp3) is 0.250. The fourth-order valence-electron chi connectivity index (χ4n) is 3.40. The number of primary sulfonamides is 1. The lowest BCUT2D eigenvalue weighted by molar-refractivity contribution is 0.172. The summed E-state index contributed by atoms with van der Waals surface area (Å²) in [6, 6.07) is 4.69. The number of β-amino-alcohol motifs (C(OH)–C–C–N with tert-alkyl or cyclic N) is 1. The van der Waals surface area contributed by atoms with Gasteiger partial charge in [0.25, 0.3) is 0 Å². The van der Waals surface area contributed by atoms with E-state index >= 15 is 0 Å². The van der Waals surface area contributed by atoms with Crippen molar-refractivity contribution in [2.24, 2.45) is 5.14 Å². The van der Waals surface area contributed by atoms with E-state index in [1.54, 1.807) is 6.07 Å². The smallest absolute Gasteiger partial charge is 0.242 e. The van der Waals surface area contributed by atoms with E-state index < -0.39 is 42.0 Å². The summed E-state index contributed by atoms with van der Waals surface area (Å²) in [6.07, 6.45) is 0.397. The van der Waals surface area contributed by atoms with Crippen molar-refractivity contribution in [3.63, 3.8) is 0 Å². The normalized spacial score (nSPS) is 19.3. The van der Waals surface area contributed by atoms with Gasteiger partial charge in [-0.3, -0.25) is 0 Å². The summed E-state index contributed by atoms with van der Waals surface area (Å²) in [5, 5.41) is 31.6. The highest BCUT2D eigenvalue weighted by Gasteiger charge is 2.35. The van der Waals surface area contributed by atoms with Crippen molar-refractivity contribution in [1.29, 1.82) is 0 Å². The Morgan fingerprint density at radius 3 is 2.47 bits per heavy atom. The molecular weight excluding hydrogens is 462 g/mol. The number of aromatic amines is 1. The number of hydrogen-bond acceptors (Lipinski definition) is 11. The number of sulfonamides is 2. The number of nitrogens with zero attached hydrogens (tertiary/aromatic N) is 4. The third-order valence-electron chi connectivity index (χ3n) is 4.85. The number of tetrazole rings is 1. The van der Waals surface area contributed by atoms with E-state index in [0.29, 0.717) is 5.56 Å². The SMILES string of the molecule is Nc1ccc(-c2ccc(S(=O)(=O)N[C@H]3CNC[C@H]3O)c(S(N)(=O)=O)c2-c2nn[nH]n2)cn1. The van der Waals surface area contributed by atoms with Crippen molar-refractivity contribution < 1.29 is 21.9 Å². The first-order chi connectivity index (χ1) is 15.1. The number of anilines is 1. The Kier molecular flexibility index (Phi) is 5.65. The molecule has 1 aliphatic rings. The zero-order chi connectivity index (χ0) is 23.1. The highest BCUT2D eigenvalue weighted by Crippen LogP contribution is 2.38. The van der Waals surface area contributed by atoms with Crippen molar-refractivity contribution in [1.82, 2.24) is 35.6 Å². The fourth-order valence-corrected chi connectivity index (χ4v) is 6.27. The van der Waals surface area contributed by atoms with Crippen LogP contribution in [0.3, 0.4) is 0 Å². The van der Waals surface area contributed by atoms with Gasteiger partial charge in [-0.1, -0.05) is 6.07 Å². The van der Waals surface area contributed by atoms with Crippen molar-refractivity contribution in [3.05, 3.63) is 30.5 Å². The van der Waals surface area contributed by atoms with Crippen LogP contribution < -0.4 is 20.9 Å². The molecule has 0 spiro atoms. The molecule has 0 amide bonds. The van der Waals surface area contributed by atoms with Crippen LogP contribution in [0.2, 0.25) is 0 Å². The Bertz CT molecular complexity index is 1340. The van der Waals surface area contributed by atoms with Gasteiger partial charge in [0.15, 0.2) is 0 Å². The molecule has 0 radical (unpaired) electrons. The van der Waals surface area contributed by atoms with E-state index in [2.05, 4.69) is 35.6 Å². The molecule has 0 bridgehead atoms. The van der Waals surface area contributed by atoms with E-state index in [-0.39, 0.29) is 35.9 Å². The first kappa shape index (κ1) is 22.2. The number of rotatable bonds is 6. The van der Waals surface area contributed by atoms with Crippen LogP contribution in [0.15, 0.2) is 40.3 Å². The van der Waals surface area contributed by atoms with Crippen LogP contribution in [0.25, 0.3) is 22.5 Å². The zero-order valence-corrected chi connectivity index (χ0v) is 17.9. The predicted octanol–water partition coefficient (Wildman–Crippen LogP) is -2.23. The van der Waals surface area contributed by atoms with Gasteiger partial charge in [0, 0.05) is 24.8 Å². The number of aliphatic hydroxyl groups is 1. The maximum absolute atomic E-state index is 13.2. The number of nitrogen functional groups attached to an aromatic ring is 1. The van der Waals surface area contributed by atoms with Crippen LogP contribution in [0.4, 0.5) is 5.82 Å². The second-order valence-corrected chi connectivity index (χ2v) is 10.2. The molecule has 1 fully saturated rings. The Labute approximate surface area is 182 Å². The monoisotopic (exact) mass is 481 g/mol. The molecule has 2 aromatic heterocycles. The molecule has 1 saturated heterocycles. The van der Waals surface area contributed by atoms with Gasteiger partial charge in [0.05, 0.1) is 17.7 Å². The van der Waals surface area contributed by atoms with Gasteiger partial charge < -0.3 is 16.2 Å². The average Bonchev–Trinajstić information content (AvgIpc) is 3.39. The molecule has 16 heteroatoms. The summed E-state index contributed by atoms with van der Waals surface area (Å²) >= 11 is 0. The van der Waals surface area contributed by atoms with Gasteiger partial charge in [-0.15, -0.1) is 10.2 Å². The van der Waals surface area contributed by atoms with E-state index in [4.69, 9.17) is 10.9 Å². The number of hydrogen-bond donors (Lipinski definition) is 6. The molecule has 0 saturated carbocycles. The Balaban J connectivity index is 1.98. The molecule has 1 aromatic carbocycles. The molecule has 8 N–H and O–H groups in total. The molecule has 2 atom stereocenters. The first-order valence-electron chi connectivity index (χ1n) is 9.14. The number of nitrogens with two attached hydrogens (primary N) is 2. The van der Waals surface area contributed by atoms with Crippen molar-refractivity contribution >= 4 is 25.9 Å². The molecule has 4 rings (SSSR count). The van der Waals surface area contributed by atoms with Crippen LogP contribution in [-0.4, -0.2) is 72.8 Å². The minimum atomic E-state index is -4.62. The molecule has 14 nitrogen and oxygen atoms in total. The molecule has 0 aliphatic carbocycles. The topological polar surface area (TPSA) is 232 Å². The van der Waals surface area contributed by atoms with Crippen LogP contribution in [0.1, 0.15) is 0 Å². The first-order valence-corrected chi connectivity index (χ1v) is 12.2. The second kappa shape index (κ2) is 8.15. The summed E-state index contributed by atoms with van der Waals surface area (Å²) in [7, 11) is -9.06. The Morgan fingerprint density at radius 1 is 1.12 bits per heavy atom. The van der Waals surface area contributed by atoms with E-state index in [1.807, 2.05) is 0 Å². The lowest BCUT2D eigenvalue weighted by Gasteiger charge is -2.19. The van der Waals surface area contributed by atoms with Gasteiger partial charge in [-0.25, -0.2) is 31.7 Å². The van der Waals surface area contributed by atoms with E-state index in [1.165, 1.54) is 18.3 Å². The van der Waals surface area contributed by atoms with Crippen LogP contribution in [0, 0.1) is 0 Å². The summed E-state index contributed by atoms with van der Waals surface area (Å²) in [4.78, 5) is 2.64. The van der Waals surface area contributed by atoms with Crippen molar-refractivity contribution in [2.45, 2.75) is 21.9 Å². The Morgan fingerprint density at radius 2 is 1.91 bits per heavy atom. The summed E-state index contributed by atoms with van der Waals surface area (Å²) < 4.78 is 53.9. The second-order valence-electron chi connectivity index (χ2n) is 7.02. The van der Waals surface area contributed by atoms with Gasteiger partial charge in [0.1, 0.15) is 15.6 Å². The van der Waals surface area contributed by atoms with Crippen LogP contribution in [-0.2, 0) is 20.0 Å². The molecule has 3 aromatic rings. The van der Waals surface area contributed by atoms with Crippen molar-refractivity contribution in [2.75, 3.05) is 18.8 Å². The summed E-state index contributed by atoms with van der Waals surface area (Å²) in [6.45, 7) is 0.352. The third-order valence-corrected chi connectivity index (χ3v) is 7.51. The Hall–Kier alpha value is -3.02. The number of aliphatic hydroxyl groups excluding tert-OH is 1. The number of aromatic nitrogens is 5. The molecular formula is C16H19N9O5S2. The lowest BCUT2D eigenvalue weighted by atomic mass is 10.0. The van der Waals surface area contributed by atoms with Crippen LogP contribution in [0.5, 0.6) is 0 Å². The number of benzene rings is 1.